The summed E-state index contributed by atoms with van der Waals surface area (Å²) in [4.78, 5) is 12.0. The lowest BCUT2D eigenvalue weighted by Gasteiger charge is -2.23. The number of carbonyl (C=O) groups is 1. The number of esters is 1. The number of rotatable bonds is 3. The number of hydrogen-bond donors (Lipinski definition) is 2. The quantitative estimate of drug-likeness (QED) is 0.659. The molecule has 3 rings (SSSR count). The van der Waals surface area contributed by atoms with Crippen LogP contribution in [0.5, 0.6) is 0 Å². The molecule has 21 heavy (non-hydrogen) atoms. The zero-order valence-electron chi connectivity index (χ0n) is 12.1. The van der Waals surface area contributed by atoms with E-state index in [4.69, 9.17) is 20.9 Å². The summed E-state index contributed by atoms with van der Waals surface area (Å²) in [6.07, 6.45) is 6.83. The maximum atomic E-state index is 12.0. The van der Waals surface area contributed by atoms with E-state index in [2.05, 4.69) is 0 Å². The van der Waals surface area contributed by atoms with Gasteiger partial charge in [-0.3, -0.25) is 0 Å². The Balaban J connectivity index is 1.54. The predicted molar refractivity (Wildman–Crippen MR) is 80.9 cm³/mol. The Morgan fingerprint density at radius 2 is 2.05 bits per heavy atom. The summed E-state index contributed by atoms with van der Waals surface area (Å²) in [6, 6.07) is 4.81. The molecule has 5 nitrogen and oxygen atoms in total. The standard InChI is InChI=1S/C16H22N2O3/c17-11-3-4-13(14(18)9-11)15(19)20-10-12-5-8-16(21-12)6-1-2-7-16/h3-4,9,12H,1-2,5-8,10,17-18H2. The van der Waals surface area contributed by atoms with Crippen molar-refractivity contribution in [2.75, 3.05) is 18.1 Å². The summed E-state index contributed by atoms with van der Waals surface area (Å²) in [5, 5.41) is 0. The van der Waals surface area contributed by atoms with Crippen molar-refractivity contribution in [3.05, 3.63) is 23.8 Å². The van der Waals surface area contributed by atoms with E-state index in [1.165, 1.54) is 12.8 Å². The summed E-state index contributed by atoms with van der Waals surface area (Å²) < 4.78 is 11.5. The van der Waals surface area contributed by atoms with Crippen molar-refractivity contribution in [3.8, 4) is 0 Å². The first kappa shape index (κ1) is 14.2. The number of benzene rings is 1. The molecule has 1 aliphatic heterocycles. The number of anilines is 2. The Labute approximate surface area is 124 Å². The molecule has 1 atom stereocenters. The van der Waals surface area contributed by atoms with Crippen LogP contribution in [0.3, 0.4) is 0 Å². The number of carbonyl (C=O) groups excluding carboxylic acids is 1. The number of nitrogens with two attached hydrogens (primary N) is 2. The van der Waals surface area contributed by atoms with Crippen molar-refractivity contribution < 1.29 is 14.3 Å². The normalized spacial score (nSPS) is 23.5. The van der Waals surface area contributed by atoms with Gasteiger partial charge in [-0.25, -0.2) is 4.79 Å². The Morgan fingerprint density at radius 1 is 1.29 bits per heavy atom. The number of ether oxygens (including phenoxy) is 2. The second kappa shape index (κ2) is 5.56. The van der Waals surface area contributed by atoms with Crippen LogP contribution in [0, 0.1) is 0 Å². The van der Waals surface area contributed by atoms with E-state index in [0.29, 0.717) is 23.5 Å². The van der Waals surface area contributed by atoms with Gasteiger partial charge in [0.1, 0.15) is 6.61 Å². The summed E-state index contributed by atoms with van der Waals surface area (Å²) in [5.74, 6) is -0.413. The molecule has 1 aromatic carbocycles. The molecule has 0 amide bonds. The van der Waals surface area contributed by atoms with Crippen LogP contribution in [0.15, 0.2) is 18.2 Å². The van der Waals surface area contributed by atoms with Crippen LogP contribution in [-0.4, -0.2) is 24.3 Å². The molecule has 1 aromatic rings. The first-order chi connectivity index (χ1) is 10.1. The Kier molecular flexibility index (Phi) is 3.76. The van der Waals surface area contributed by atoms with Crippen molar-refractivity contribution in [3.63, 3.8) is 0 Å². The average Bonchev–Trinajstić information content (AvgIpc) is 3.07. The maximum absolute atomic E-state index is 12.0. The molecule has 0 radical (unpaired) electrons. The van der Waals surface area contributed by atoms with Gasteiger partial charge in [-0.15, -0.1) is 0 Å². The van der Waals surface area contributed by atoms with Crippen molar-refractivity contribution in [2.45, 2.75) is 50.2 Å². The molecule has 1 saturated heterocycles. The van der Waals surface area contributed by atoms with Crippen LogP contribution in [0.4, 0.5) is 11.4 Å². The Bertz CT molecular complexity index is 538. The summed E-state index contributed by atoms with van der Waals surface area (Å²) in [5.41, 5.74) is 12.7. The average molecular weight is 290 g/mol. The summed E-state index contributed by atoms with van der Waals surface area (Å²) in [6.45, 7) is 0.296. The van der Waals surface area contributed by atoms with Crippen LogP contribution in [0.2, 0.25) is 0 Å². The van der Waals surface area contributed by atoms with E-state index in [1.807, 2.05) is 0 Å². The highest BCUT2D eigenvalue weighted by molar-refractivity contribution is 5.95. The van der Waals surface area contributed by atoms with Crippen molar-refractivity contribution in [2.24, 2.45) is 0 Å². The highest BCUT2D eigenvalue weighted by atomic mass is 16.6. The molecular formula is C16H22N2O3. The fourth-order valence-electron chi connectivity index (χ4n) is 3.41. The molecule has 2 aliphatic rings. The lowest BCUT2D eigenvalue weighted by atomic mass is 9.98. The number of nitrogen functional groups attached to an aromatic ring is 2. The molecular weight excluding hydrogens is 268 g/mol. The third-order valence-electron chi connectivity index (χ3n) is 4.55. The maximum Gasteiger partial charge on any atom is 0.340 e. The van der Waals surface area contributed by atoms with Crippen LogP contribution in [0.1, 0.15) is 48.9 Å². The van der Waals surface area contributed by atoms with Gasteiger partial charge in [-0.2, -0.15) is 0 Å². The Hall–Kier alpha value is -1.75. The third-order valence-corrected chi connectivity index (χ3v) is 4.55. The number of hydrogen-bond acceptors (Lipinski definition) is 5. The van der Waals surface area contributed by atoms with Crippen molar-refractivity contribution in [1.29, 1.82) is 0 Å². The molecule has 4 N–H and O–H groups in total. The van der Waals surface area contributed by atoms with E-state index in [0.717, 1.165) is 25.7 Å². The fourth-order valence-corrected chi connectivity index (χ4v) is 3.41. The highest BCUT2D eigenvalue weighted by Crippen LogP contribution is 2.43. The van der Waals surface area contributed by atoms with E-state index in [1.54, 1.807) is 18.2 Å². The molecule has 114 valence electrons. The minimum Gasteiger partial charge on any atom is -0.459 e. The first-order valence-corrected chi connectivity index (χ1v) is 7.58. The fraction of sp³-hybridized carbons (Fsp3) is 0.562. The zero-order chi connectivity index (χ0) is 14.9. The third kappa shape index (κ3) is 2.97. The summed E-state index contributed by atoms with van der Waals surface area (Å²) in [7, 11) is 0. The van der Waals surface area contributed by atoms with Gasteiger partial charge < -0.3 is 20.9 Å². The molecule has 5 heteroatoms. The lowest BCUT2D eigenvalue weighted by molar-refractivity contribution is -0.0597. The van der Waals surface area contributed by atoms with Crippen LogP contribution >= 0.6 is 0 Å². The van der Waals surface area contributed by atoms with Gasteiger partial charge >= 0.3 is 5.97 Å². The van der Waals surface area contributed by atoms with Crippen LogP contribution in [0.25, 0.3) is 0 Å². The molecule has 1 spiro atoms. The van der Waals surface area contributed by atoms with Crippen LogP contribution < -0.4 is 11.5 Å². The van der Waals surface area contributed by atoms with Gasteiger partial charge in [-0.05, 0) is 43.9 Å². The van der Waals surface area contributed by atoms with E-state index >= 15 is 0 Å². The van der Waals surface area contributed by atoms with E-state index in [-0.39, 0.29) is 11.7 Å². The largest absolute Gasteiger partial charge is 0.459 e. The van der Waals surface area contributed by atoms with Crippen LogP contribution in [-0.2, 0) is 9.47 Å². The minimum atomic E-state index is -0.413. The van der Waals surface area contributed by atoms with Gasteiger partial charge in [0.05, 0.1) is 17.3 Å². The molecule has 1 heterocycles. The first-order valence-electron chi connectivity index (χ1n) is 7.58. The Morgan fingerprint density at radius 3 is 2.76 bits per heavy atom. The predicted octanol–water partition coefficient (Wildman–Crippen LogP) is 2.50. The SMILES string of the molecule is Nc1ccc(C(=O)OCC2CCC3(CCCC3)O2)c(N)c1. The lowest BCUT2D eigenvalue weighted by Crippen LogP contribution is -2.27. The monoisotopic (exact) mass is 290 g/mol. The second-order valence-electron chi connectivity index (χ2n) is 6.11. The van der Waals surface area contributed by atoms with E-state index in [9.17, 15) is 4.79 Å². The second-order valence-corrected chi connectivity index (χ2v) is 6.11. The highest BCUT2D eigenvalue weighted by Gasteiger charge is 2.42. The van der Waals surface area contributed by atoms with E-state index < -0.39 is 5.97 Å². The van der Waals surface area contributed by atoms with Gasteiger partial charge in [0.2, 0.25) is 0 Å². The summed E-state index contributed by atoms with van der Waals surface area (Å²) >= 11 is 0. The van der Waals surface area contributed by atoms with Gasteiger partial charge in [-0.1, -0.05) is 12.8 Å². The molecule has 1 aliphatic carbocycles. The van der Waals surface area contributed by atoms with Gasteiger partial charge in [0.15, 0.2) is 0 Å². The zero-order valence-corrected chi connectivity index (χ0v) is 12.1. The van der Waals surface area contributed by atoms with Crippen molar-refractivity contribution in [1.82, 2.24) is 0 Å². The smallest absolute Gasteiger partial charge is 0.340 e. The van der Waals surface area contributed by atoms with Crippen molar-refractivity contribution >= 4 is 17.3 Å². The van der Waals surface area contributed by atoms with Gasteiger partial charge in [0, 0.05) is 11.4 Å². The molecule has 2 fully saturated rings. The molecule has 1 saturated carbocycles. The molecule has 1 unspecified atom stereocenters. The molecule has 0 aromatic heterocycles. The molecule has 0 bridgehead atoms. The topological polar surface area (TPSA) is 87.6 Å². The van der Waals surface area contributed by atoms with Gasteiger partial charge in [0.25, 0.3) is 0 Å². The minimum absolute atomic E-state index is 0.0158.